The third-order valence-electron chi connectivity index (χ3n) is 4.74. The first kappa shape index (κ1) is 18.8. The lowest BCUT2D eigenvalue weighted by Gasteiger charge is -2.11. The molecule has 8 heteroatoms. The van der Waals surface area contributed by atoms with Gasteiger partial charge in [-0.3, -0.25) is 9.48 Å². The lowest BCUT2D eigenvalue weighted by molar-refractivity contribution is 0.516. The third kappa shape index (κ3) is 4.01. The molecule has 0 unspecified atom stereocenters. The van der Waals surface area contributed by atoms with Gasteiger partial charge in [-0.25, -0.2) is 14.4 Å². The van der Waals surface area contributed by atoms with Crippen LogP contribution in [0.5, 0.6) is 0 Å². The number of nitrogens with one attached hydrogen (secondary N) is 1. The fourth-order valence-corrected chi connectivity index (χ4v) is 3.40. The molecule has 0 aliphatic heterocycles. The van der Waals surface area contributed by atoms with E-state index in [1.54, 1.807) is 30.7 Å². The monoisotopic (exact) mass is 392 g/mol. The van der Waals surface area contributed by atoms with Crippen LogP contribution in [0, 0.1) is 19.7 Å². The Morgan fingerprint density at radius 1 is 1.03 bits per heavy atom. The van der Waals surface area contributed by atoms with Crippen LogP contribution in [-0.4, -0.2) is 29.3 Å². The molecule has 0 radical (unpaired) electrons. The maximum atomic E-state index is 13.4. The summed E-state index contributed by atoms with van der Waals surface area (Å²) in [6.07, 6.45) is 4.28. The van der Waals surface area contributed by atoms with Crippen LogP contribution in [0.3, 0.4) is 0 Å². The van der Waals surface area contributed by atoms with Gasteiger partial charge in [0.25, 0.3) is 0 Å². The summed E-state index contributed by atoms with van der Waals surface area (Å²) in [5, 5.41) is 4.40. The van der Waals surface area contributed by atoms with E-state index < -0.39 is 0 Å². The second kappa shape index (κ2) is 7.83. The number of benzene rings is 1. The van der Waals surface area contributed by atoms with Gasteiger partial charge in [-0.05, 0) is 50.6 Å². The van der Waals surface area contributed by atoms with Crippen LogP contribution >= 0.6 is 0 Å². The van der Waals surface area contributed by atoms with Gasteiger partial charge in [-0.1, -0.05) is 0 Å². The lowest BCUT2D eigenvalue weighted by Crippen LogP contribution is -2.08. The number of imidazole rings is 1. The fraction of sp³-hybridized carbons (Fsp3) is 0.238. The molecule has 4 aromatic rings. The van der Waals surface area contributed by atoms with E-state index in [1.165, 1.54) is 18.2 Å². The van der Waals surface area contributed by atoms with Crippen molar-refractivity contribution in [1.82, 2.24) is 29.3 Å². The highest BCUT2D eigenvalue weighted by molar-refractivity contribution is 5.78. The second-order valence-electron chi connectivity index (χ2n) is 6.87. The summed E-state index contributed by atoms with van der Waals surface area (Å²) in [5.41, 5.74) is 3.10. The van der Waals surface area contributed by atoms with Crippen molar-refractivity contribution < 1.29 is 4.39 Å². The number of aromatic nitrogens is 6. The summed E-state index contributed by atoms with van der Waals surface area (Å²) in [4.78, 5) is 23.1. The summed E-state index contributed by atoms with van der Waals surface area (Å²) in [5.74, 6) is 1.36. The van der Waals surface area contributed by atoms with Crippen molar-refractivity contribution in [2.24, 2.45) is 0 Å². The Bertz CT molecular complexity index is 1170. The molecule has 0 amide bonds. The number of hydrogen-bond acceptors (Lipinski definition) is 4. The summed E-state index contributed by atoms with van der Waals surface area (Å²) in [7, 11) is 0. The minimum absolute atomic E-state index is 0.167. The third-order valence-corrected chi connectivity index (χ3v) is 4.74. The van der Waals surface area contributed by atoms with E-state index in [9.17, 15) is 9.18 Å². The molecule has 0 atom stereocenters. The van der Waals surface area contributed by atoms with E-state index >= 15 is 0 Å². The largest absolute Gasteiger partial charge is 0.330 e. The molecular formula is C21H21FN6O. The summed E-state index contributed by atoms with van der Waals surface area (Å²) in [6.45, 7) is 5.26. The molecule has 3 heterocycles. The van der Waals surface area contributed by atoms with Gasteiger partial charge in [0.2, 0.25) is 5.56 Å². The van der Waals surface area contributed by atoms with Gasteiger partial charge in [-0.2, -0.15) is 5.10 Å². The number of nitrogens with zero attached hydrogens (tertiary/aromatic N) is 5. The molecule has 0 bridgehead atoms. The molecule has 29 heavy (non-hydrogen) atoms. The Balaban J connectivity index is 1.66. The number of H-pyrrole nitrogens is 1. The smallest absolute Gasteiger partial charge is 0.247 e. The average Bonchev–Trinajstić information content (AvgIpc) is 3.26. The van der Waals surface area contributed by atoms with Crippen molar-refractivity contribution in [3.63, 3.8) is 0 Å². The van der Waals surface area contributed by atoms with E-state index in [1.807, 2.05) is 23.1 Å². The molecule has 3 aromatic heterocycles. The second-order valence-corrected chi connectivity index (χ2v) is 6.87. The fourth-order valence-electron chi connectivity index (χ4n) is 3.40. The first-order valence-corrected chi connectivity index (χ1v) is 9.39. The van der Waals surface area contributed by atoms with Gasteiger partial charge in [0, 0.05) is 36.5 Å². The molecular weight excluding hydrogens is 371 g/mol. The van der Waals surface area contributed by atoms with Crippen molar-refractivity contribution in [2.75, 3.05) is 0 Å². The zero-order chi connectivity index (χ0) is 20.4. The molecule has 1 N–H and O–H groups in total. The maximum Gasteiger partial charge on any atom is 0.247 e. The molecule has 0 spiro atoms. The van der Waals surface area contributed by atoms with Gasteiger partial charge in [0.05, 0.1) is 17.7 Å². The Labute approximate surface area is 166 Å². The van der Waals surface area contributed by atoms with Crippen LogP contribution in [0.2, 0.25) is 0 Å². The van der Waals surface area contributed by atoms with Gasteiger partial charge in [-0.15, -0.1) is 0 Å². The average molecular weight is 392 g/mol. The molecule has 0 fully saturated rings. The van der Waals surface area contributed by atoms with Crippen molar-refractivity contribution in [2.45, 2.75) is 33.4 Å². The topological polar surface area (TPSA) is 81.4 Å². The molecule has 0 saturated carbocycles. The Kier molecular flexibility index (Phi) is 5.07. The highest BCUT2D eigenvalue weighted by Gasteiger charge is 2.15. The number of halogens is 1. The lowest BCUT2D eigenvalue weighted by atomic mass is 10.1. The van der Waals surface area contributed by atoms with E-state index in [-0.39, 0.29) is 11.4 Å². The number of rotatable bonds is 6. The highest BCUT2D eigenvalue weighted by atomic mass is 19.1. The van der Waals surface area contributed by atoms with Crippen LogP contribution in [0.15, 0.2) is 53.7 Å². The number of aryl methyl sites for hydroxylation is 4. The number of aromatic amines is 1. The maximum absolute atomic E-state index is 13.4. The van der Waals surface area contributed by atoms with E-state index in [0.29, 0.717) is 6.54 Å². The Morgan fingerprint density at radius 3 is 2.45 bits per heavy atom. The predicted octanol–water partition coefficient (Wildman–Crippen LogP) is 3.34. The van der Waals surface area contributed by atoms with Gasteiger partial charge in [0.15, 0.2) is 0 Å². The molecule has 0 aliphatic rings. The molecule has 148 valence electrons. The van der Waals surface area contributed by atoms with Crippen molar-refractivity contribution >= 4 is 0 Å². The first-order chi connectivity index (χ1) is 14.0. The zero-order valence-corrected chi connectivity index (χ0v) is 16.3. The summed E-state index contributed by atoms with van der Waals surface area (Å²) < 4.78 is 17.3. The number of hydrogen-bond donors (Lipinski definition) is 1. The Hall–Kier alpha value is -3.55. The van der Waals surface area contributed by atoms with Crippen molar-refractivity contribution in [3.8, 4) is 22.5 Å². The van der Waals surface area contributed by atoms with Crippen LogP contribution in [-0.2, 0) is 13.1 Å². The van der Waals surface area contributed by atoms with Crippen LogP contribution in [0.4, 0.5) is 4.39 Å². The zero-order valence-electron chi connectivity index (χ0n) is 16.3. The minimum Gasteiger partial charge on any atom is -0.330 e. The van der Waals surface area contributed by atoms with E-state index in [4.69, 9.17) is 0 Å². The quantitative estimate of drug-likeness (QED) is 0.546. The van der Waals surface area contributed by atoms with E-state index in [2.05, 4.69) is 20.1 Å². The standard InChI is InChI=1S/C21H21FN6O/c1-14-25-15(2)28(26-14)11-3-10-27-13-24-20(16-4-7-18(22)8-5-16)21(27)17-6-9-19(29)23-12-17/h4-9,12-13H,3,10-11H2,1-2H3,(H,23,29). The normalized spacial score (nSPS) is 11.1. The predicted molar refractivity (Wildman–Crippen MR) is 108 cm³/mol. The van der Waals surface area contributed by atoms with Gasteiger partial charge in [0.1, 0.15) is 17.5 Å². The van der Waals surface area contributed by atoms with Crippen LogP contribution in [0.25, 0.3) is 22.5 Å². The van der Waals surface area contributed by atoms with Crippen LogP contribution in [0.1, 0.15) is 18.1 Å². The molecule has 0 saturated heterocycles. The molecule has 1 aromatic carbocycles. The SMILES string of the molecule is Cc1nc(C)n(CCCn2cnc(-c3ccc(F)cc3)c2-c2ccc(=O)[nH]c2)n1. The summed E-state index contributed by atoms with van der Waals surface area (Å²) >= 11 is 0. The molecule has 0 aliphatic carbocycles. The molecule has 7 nitrogen and oxygen atoms in total. The number of pyridine rings is 1. The van der Waals surface area contributed by atoms with Gasteiger partial charge >= 0.3 is 0 Å². The van der Waals surface area contributed by atoms with Crippen molar-refractivity contribution in [1.29, 1.82) is 0 Å². The summed E-state index contributed by atoms with van der Waals surface area (Å²) in [6, 6.07) is 9.51. The van der Waals surface area contributed by atoms with E-state index in [0.717, 1.165) is 47.1 Å². The van der Waals surface area contributed by atoms with Gasteiger partial charge < -0.3 is 9.55 Å². The highest BCUT2D eigenvalue weighted by Crippen LogP contribution is 2.31. The Morgan fingerprint density at radius 2 is 1.79 bits per heavy atom. The van der Waals surface area contributed by atoms with Crippen molar-refractivity contribution in [3.05, 3.63) is 76.7 Å². The minimum atomic E-state index is -0.294. The van der Waals surface area contributed by atoms with Crippen LogP contribution < -0.4 is 5.56 Å². The first-order valence-electron chi connectivity index (χ1n) is 9.39. The molecule has 4 rings (SSSR count).